The van der Waals surface area contributed by atoms with Crippen molar-refractivity contribution in [2.75, 3.05) is 20.2 Å². The maximum atomic E-state index is 14.0. The molecule has 0 amide bonds. The molecule has 1 atom stereocenters. The van der Waals surface area contributed by atoms with Crippen molar-refractivity contribution in [3.8, 4) is 5.75 Å². The van der Waals surface area contributed by atoms with Crippen LogP contribution < -0.4 is 4.74 Å². The van der Waals surface area contributed by atoms with Gasteiger partial charge in [0.25, 0.3) is 0 Å². The van der Waals surface area contributed by atoms with E-state index in [9.17, 15) is 8.78 Å². The number of hydrogen-bond donors (Lipinski definition) is 0. The summed E-state index contributed by atoms with van der Waals surface area (Å²) in [6.07, 6.45) is 0.396. The molecule has 0 bridgehead atoms. The van der Waals surface area contributed by atoms with Crippen LogP contribution in [0.3, 0.4) is 0 Å². The van der Waals surface area contributed by atoms with Crippen LogP contribution in [0.15, 0.2) is 17.1 Å². The molecular formula is C19H28F2N2O2. The van der Waals surface area contributed by atoms with Gasteiger partial charge >= 0.3 is 6.11 Å². The molecule has 0 aliphatic carbocycles. The third kappa shape index (κ3) is 3.78. The number of alkyl halides is 2. The quantitative estimate of drug-likeness (QED) is 0.355. The van der Waals surface area contributed by atoms with Gasteiger partial charge in [0.05, 0.1) is 19.1 Å². The summed E-state index contributed by atoms with van der Waals surface area (Å²) < 4.78 is 38.4. The smallest absolute Gasteiger partial charge is 0.390 e. The van der Waals surface area contributed by atoms with Crippen molar-refractivity contribution in [3.63, 3.8) is 0 Å². The van der Waals surface area contributed by atoms with Crippen molar-refractivity contribution in [2.45, 2.75) is 58.7 Å². The Morgan fingerprint density at radius 2 is 1.88 bits per heavy atom. The van der Waals surface area contributed by atoms with E-state index in [0.717, 1.165) is 25.1 Å². The Hall–Kier alpha value is -1.69. The minimum absolute atomic E-state index is 0.272. The number of benzene rings is 1. The summed E-state index contributed by atoms with van der Waals surface area (Å²) >= 11 is 0. The van der Waals surface area contributed by atoms with Crippen LogP contribution in [-0.2, 0) is 10.3 Å². The molecule has 1 aliphatic heterocycles. The number of hydrogen-bond acceptors (Lipinski definition) is 3. The highest BCUT2D eigenvalue weighted by molar-refractivity contribution is 5.65. The fraction of sp³-hybridized carbons (Fsp3) is 0.632. The van der Waals surface area contributed by atoms with Crippen LogP contribution in [0.5, 0.6) is 5.75 Å². The largest absolute Gasteiger partial charge is 0.496 e. The van der Waals surface area contributed by atoms with Gasteiger partial charge in [-0.3, -0.25) is 4.74 Å². The van der Waals surface area contributed by atoms with E-state index in [2.05, 4.69) is 23.7 Å². The molecule has 1 aliphatic rings. The third-order valence-corrected chi connectivity index (χ3v) is 4.74. The predicted octanol–water partition coefficient (Wildman–Crippen LogP) is 5.01. The molecule has 6 heteroatoms. The number of rotatable bonds is 9. The summed E-state index contributed by atoms with van der Waals surface area (Å²) in [6.45, 7) is 9.66. The number of nitrogens with zero attached hydrogens (tertiary/aromatic N) is 2. The molecule has 0 N–H and O–H groups in total. The normalized spacial score (nSPS) is 21.6. The highest BCUT2D eigenvalue weighted by atomic mass is 19.3. The zero-order chi connectivity index (χ0) is 18.7. The van der Waals surface area contributed by atoms with Crippen LogP contribution in [0.2, 0.25) is 0 Å². The Labute approximate surface area is 148 Å². The molecular weight excluding hydrogens is 326 g/mol. The zero-order valence-electron chi connectivity index (χ0n) is 15.7. The molecule has 0 aromatic heterocycles. The summed E-state index contributed by atoms with van der Waals surface area (Å²) in [6, 6.07) is 3.44. The lowest BCUT2D eigenvalue weighted by molar-refractivity contribution is 0.000492. The molecule has 1 heterocycles. The standard InChI is InChI=1S/C19H28F2N2O2/c1-6-9-10-18(19(20,21)25-18)15-11-14(4)16(12-17(15)24-5)22-13-23(7-2)8-3/h11-13H,6-10H2,1-5H3. The van der Waals surface area contributed by atoms with Gasteiger partial charge in [0.1, 0.15) is 5.75 Å². The minimum Gasteiger partial charge on any atom is -0.496 e. The first kappa shape index (κ1) is 19.6. The number of methoxy groups -OCH3 is 1. The molecule has 4 nitrogen and oxygen atoms in total. The lowest BCUT2D eigenvalue weighted by Gasteiger charge is -2.18. The molecule has 1 aromatic carbocycles. The summed E-state index contributed by atoms with van der Waals surface area (Å²) in [5.41, 5.74) is 0.372. The highest BCUT2D eigenvalue weighted by Gasteiger charge is 2.75. The molecule has 2 rings (SSSR count). The first-order valence-corrected chi connectivity index (χ1v) is 8.90. The first-order valence-electron chi connectivity index (χ1n) is 8.90. The molecule has 1 fully saturated rings. The van der Waals surface area contributed by atoms with E-state index in [0.29, 0.717) is 23.4 Å². The highest BCUT2D eigenvalue weighted by Crippen LogP contribution is 2.63. The van der Waals surface area contributed by atoms with Gasteiger partial charge in [-0.2, -0.15) is 8.78 Å². The van der Waals surface area contributed by atoms with Crippen LogP contribution in [0.25, 0.3) is 0 Å². The molecule has 1 saturated heterocycles. The molecule has 1 aromatic rings. The Kier molecular flexibility index (Phi) is 6.03. The number of ether oxygens (including phenoxy) is 2. The molecule has 25 heavy (non-hydrogen) atoms. The number of aryl methyl sites for hydroxylation is 1. The van der Waals surface area contributed by atoms with Crippen LogP contribution in [-0.4, -0.2) is 37.5 Å². The fourth-order valence-electron chi connectivity index (χ4n) is 2.99. The molecule has 0 spiro atoms. The molecule has 0 saturated carbocycles. The summed E-state index contributed by atoms with van der Waals surface area (Å²) in [4.78, 5) is 6.55. The summed E-state index contributed by atoms with van der Waals surface area (Å²) in [5.74, 6) is 0.394. The van der Waals surface area contributed by atoms with E-state index in [1.165, 1.54) is 7.11 Å². The van der Waals surface area contributed by atoms with Crippen LogP contribution >= 0.6 is 0 Å². The molecule has 1 unspecified atom stereocenters. The van der Waals surface area contributed by atoms with Crippen molar-refractivity contribution in [1.82, 2.24) is 4.90 Å². The van der Waals surface area contributed by atoms with Gasteiger partial charge in [-0.1, -0.05) is 19.8 Å². The first-order chi connectivity index (χ1) is 11.8. The maximum absolute atomic E-state index is 14.0. The van der Waals surface area contributed by atoms with E-state index >= 15 is 0 Å². The zero-order valence-corrected chi connectivity index (χ0v) is 15.7. The number of unbranched alkanes of at least 4 members (excludes halogenated alkanes) is 1. The van der Waals surface area contributed by atoms with E-state index in [-0.39, 0.29) is 6.42 Å². The fourth-order valence-corrected chi connectivity index (χ4v) is 2.99. The van der Waals surface area contributed by atoms with Gasteiger partial charge in [0.2, 0.25) is 0 Å². The van der Waals surface area contributed by atoms with Gasteiger partial charge in [-0.25, -0.2) is 4.99 Å². The molecule has 140 valence electrons. The lowest BCUT2D eigenvalue weighted by atomic mass is 9.90. The van der Waals surface area contributed by atoms with Crippen molar-refractivity contribution in [1.29, 1.82) is 0 Å². The number of aliphatic imine (C=N–C) groups is 1. The van der Waals surface area contributed by atoms with Crippen molar-refractivity contribution in [2.24, 2.45) is 4.99 Å². The van der Waals surface area contributed by atoms with E-state index in [4.69, 9.17) is 9.47 Å². The van der Waals surface area contributed by atoms with Crippen molar-refractivity contribution in [3.05, 3.63) is 23.3 Å². The van der Waals surface area contributed by atoms with Gasteiger partial charge in [0.15, 0.2) is 5.60 Å². The Balaban J connectivity index is 2.40. The van der Waals surface area contributed by atoms with Crippen LogP contribution in [0.4, 0.5) is 14.5 Å². The van der Waals surface area contributed by atoms with Gasteiger partial charge < -0.3 is 9.64 Å². The van der Waals surface area contributed by atoms with Crippen molar-refractivity contribution >= 4 is 12.0 Å². The minimum atomic E-state index is -3.14. The second-order valence-corrected chi connectivity index (χ2v) is 6.35. The summed E-state index contributed by atoms with van der Waals surface area (Å²) in [5, 5.41) is 0. The third-order valence-electron chi connectivity index (χ3n) is 4.74. The Morgan fingerprint density at radius 3 is 2.36 bits per heavy atom. The second-order valence-electron chi connectivity index (χ2n) is 6.35. The monoisotopic (exact) mass is 354 g/mol. The van der Waals surface area contributed by atoms with E-state index in [1.54, 1.807) is 18.5 Å². The molecule has 0 radical (unpaired) electrons. The van der Waals surface area contributed by atoms with E-state index < -0.39 is 11.7 Å². The summed E-state index contributed by atoms with van der Waals surface area (Å²) in [7, 11) is 1.49. The van der Waals surface area contributed by atoms with Gasteiger partial charge in [-0.05, 0) is 38.8 Å². The van der Waals surface area contributed by atoms with E-state index in [1.807, 2.05) is 13.8 Å². The predicted molar refractivity (Wildman–Crippen MR) is 96.0 cm³/mol. The maximum Gasteiger partial charge on any atom is 0.390 e. The number of halogens is 2. The topological polar surface area (TPSA) is 37.4 Å². The average Bonchev–Trinajstić information content (AvgIpc) is 3.16. The van der Waals surface area contributed by atoms with Gasteiger partial charge in [0, 0.05) is 24.7 Å². The lowest BCUT2D eigenvalue weighted by Crippen LogP contribution is -2.20. The van der Waals surface area contributed by atoms with Crippen LogP contribution in [0.1, 0.15) is 51.2 Å². The van der Waals surface area contributed by atoms with Crippen molar-refractivity contribution < 1.29 is 18.3 Å². The SMILES string of the molecule is CCCCC1(c2cc(C)c(N=CN(CC)CC)cc2OC)OC1(F)F. The Morgan fingerprint density at radius 1 is 1.24 bits per heavy atom. The average molecular weight is 354 g/mol. The number of epoxide rings is 1. The van der Waals surface area contributed by atoms with Gasteiger partial charge in [-0.15, -0.1) is 0 Å². The second kappa shape index (κ2) is 7.68. The Bertz CT molecular complexity index is 630. The van der Waals surface area contributed by atoms with Crippen LogP contribution in [0, 0.1) is 6.92 Å².